The van der Waals surface area contributed by atoms with Crippen LogP contribution in [0, 0.1) is 142 Å². The van der Waals surface area contributed by atoms with E-state index in [1.54, 1.807) is 41.5 Å². The van der Waals surface area contributed by atoms with Crippen molar-refractivity contribution in [2.75, 3.05) is 19.8 Å². The van der Waals surface area contributed by atoms with Gasteiger partial charge >= 0.3 is 65.7 Å². The molecule has 0 amide bonds. The molecular weight excluding hydrogens is 1850 g/mol. The Balaban J connectivity index is 0.000000204. The first-order valence-electron chi connectivity index (χ1n) is 57.1. The maximum absolute atomic E-state index is 12.7. The lowest BCUT2D eigenvalue weighted by molar-refractivity contribution is -0.225. The highest BCUT2D eigenvalue weighted by molar-refractivity contribution is 5.84. The summed E-state index contributed by atoms with van der Waals surface area (Å²) in [6, 6.07) is 0. The Hall–Kier alpha value is -5.95. The molecule has 25 nitrogen and oxygen atoms in total. The molecule has 0 radical (unpaired) electrons. The number of carbonyl (C=O) groups is 11. The van der Waals surface area contributed by atoms with Crippen LogP contribution in [-0.4, -0.2) is 164 Å². The van der Waals surface area contributed by atoms with E-state index in [2.05, 4.69) is 55.4 Å². The first-order valence-corrected chi connectivity index (χ1v) is 57.1. The van der Waals surface area contributed by atoms with Crippen LogP contribution in [0.3, 0.4) is 0 Å². The lowest BCUT2D eigenvalue weighted by atomic mass is 9.46. The highest BCUT2D eigenvalue weighted by Gasteiger charge is 2.70. The number of carbonyl (C=O) groups excluding carboxylic acids is 11. The van der Waals surface area contributed by atoms with Gasteiger partial charge in [-0.3, -0.25) is 43.2 Å². The van der Waals surface area contributed by atoms with Gasteiger partial charge in [0.2, 0.25) is 6.10 Å². The summed E-state index contributed by atoms with van der Waals surface area (Å²) in [4.78, 5) is 131. The molecule has 2 aliphatic heterocycles. The third kappa shape index (κ3) is 29.0. The Morgan fingerprint density at radius 3 is 1.23 bits per heavy atom. The van der Waals surface area contributed by atoms with Crippen molar-refractivity contribution in [2.45, 2.75) is 538 Å². The van der Waals surface area contributed by atoms with Gasteiger partial charge in [0.25, 0.3) is 0 Å². The van der Waals surface area contributed by atoms with E-state index in [1.165, 1.54) is 97.3 Å². The molecule has 0 spiro atoms. The van der Waals surface area contributed by atoms with Gasteiger partial charge in [0, 0.05) is 46.8 Å². The van der Waals surface area contributed by atoms with Gasteiger partial charge in [0.15, 0.2) is 5.60 Å². The van der Waals surface area contributed by atoms with Gasteiger partial charge in [-0.05, 0) is 424 Å². The number of ether oxygens (including phenoxy) is 11. The average molecular weight is 2060 g/mol. The predicted octanol–water partition coefficient (Wildman–Crippen LogP) is 25.2. The minimum absolute atomic E-state index is 0.00857. The molecule has 17 aliphatic rings. The van der Waals surface area contributed by atoms with Gasteiger partial charge in [-0.25, -0.2) is 9.59 Å². The molecule has 15 saturated carbocycles. The number of esters is 11. The van der Waals surface area contributed by atoms with E-state index in [0.717, 1.165) is 144 Å². The van der Waals surface area contributed by atoms with Crippen molar-refractivity contribution in [1.29, 1.82) is 0 Å². The van der Waals surface area contributed by atoms with Crippen LogP contribution in [0.25, 0.3) is 0 Å². The Kier molecular flexibility index (Phi) is 39.8. The SMILES string of the molecule is CCC(C)(C)C(=O)OC(C)(C)C(C)(C)O.CCC(C)(C)C(=O)OC(C)(C)C12CC3CC(CC(C3)C1)C2.CCC(C)(C)C(=O)OC1(C(C)(C)C)CCCC1.CCC(C)(C)C(=O)OC1(CC)CC2CC1C1C3CCC(C3)C21.CCC(C)(C)C(=O)OC12CC3CC(CC(O)(C3)C1)C2.CCC(C)(C)C(=O)OC1C2CC3C(=O)OC1C3C2.CCC(C)(C)C(=O)OC1CCOC1=O.CCC(C)(C)C(=O)OCC(C)(C)COC(=O)C(C)(C)O. The molecule has 0 aromatic carbocycles. The maximum atomic E-state index is 12.7. The number of fused-ring (bicyclic) bond motifs is 10. The second kappa shape index (κ2) is 46.4. The zero-order valence-electron chi connectivity index (χ0n) is 98.6. The lowest BCUT2D eigenvalue weighted by Crippen LogP contribution is -2.61. The van der Waals surface area contributed by atoms with Gasteiger partial charge in [-0.15, -0.1) is 0 Å². The molecule has 14 bridgehead atoms. The summed E-state index contributed by atoms with van der Waals surface area (Å²) >= 11 is 0. The average Bonchev–Trinajstić information content (AvgIpc) is 1.56. The smallest absolute Gasteiger partial charge is 0.347 e. The second-order valence-corrected chi connectivity index (χ2v) is 57.2. The van der Waals surface area contributed by atoms with Crippen molar-refractivity contribution in [2.24, 2.45) is 142 Å². The van der Waals surface area contributed by atoms with Crippen LogP contribution >= 0.6 is 0 Å². The molecule has 0 aromatic rings. The minimum Gasteiger partial charge on any atom is -0.465 e. The minimum atomic E-state index is -1.52. The Bertz CT molecular complexity index is 4430. The lowest BCUT2D eigenvalue weighted by Gasteiger charge is -2.61. The van der Waals surface area contributed by atoms with Crippen LogP contribution in [-0.2, 0) is 105 Å². The third-order valence-electron chi connectivity index (χ3n) is 39.6. The van der Waals surface area contributed by atoms with E-state index in [-0.39, 0.29) is 135 Å². The molecule has 2 heterocycles. The summed E-state index contributed by atoms with van der Waals surface area (Å²) in [7, 11) is 0. The number of rotatable bonds is 31. The van der Waals surface area contributed by atoms with Crippen LogP contribution in [0.1, 0.15) is 475 Å². The van der Waals surface area contributed by atoms with Gasteiger partial charge in [-0.2, -0.15) is 0 Å². The Morgan fingerprint density at radius 1 is 0.390 bits per heavy atom. The molecule has 15 unspecified atom stereocenters. The molecular formula is C121H206O25. The van der Waals surface area contributed by atoms with E-state index >= 15 is 0 Å². The number of hydrogen-bond acceptors (Lipinski definition) is 25. The zero-order chi connectivity index (χ0) is 111. The number of hydrogen-bond donors (Lipinski definition) is 3. The van der Waals surface area contributed by atoms with Gasteiger partial charge < -0.3 is 67.4 Å². The zero-order valence-corrected chi connectivity index (χ0v) is 98.6. The van der Waals surface area contributed by atoms with Crippen LogP contribution in [0.15, 0.2) is 0 Å². The third-order valence-corrected chi connectivity index (χ3v) is 39.6. The predicted molar refractivity (Wildman–Crippen MR) is 565 cm³/mol. The van der Waals surface area contributed by atoms with Crippen LogP contribution < -0.4 is 0 Å². The molecule has 25 heteroatoms. The van der Waals surface area contributed by atoms with E-state index < -0.39 is 72.9 Å². The molecule has 0 aromatic heterocycles. The van der Waals surface area contributed by atoms with Crippen molar-refractivity contribution in [3.8, 4) is 0 Å². The largest absolute Gasteiger partial charge is 0.465 e. The van der Waals surface area contributed by atoms with Gasteiger partial charge in [0.05, 0.1) is 80.3 Å². The fourth-order valence-electron chi connectivity index (χ4n) is 25.6. The van der Waals surface area contributed by atoms with Crippen molar-refractivity contribution < 1.29 is 120 Å². The first kappa shape index (κ1) is 125. The van der Waals surface area contributed by atoms with E-state index in [4.69, 9.17) is 52.1 Å². The molecule has 17 rings (SSSR count). The first-order chi connectivity index (χ1) is 66.7. The summed E-state index contributed by atoms with van der Waals surface area (Å²) in [5, 5.41) is 30.0. The highest BCUT2D eigenvalue weighted by atomic mass is 16.6. The fraction of sp³-hybridized carbons (Fsp3) is 0.909. The molecule has 146 heavy (non-hydrogen) atoms. The van der Waals surface area contributed by atoms with Crippen molar-refractivity contribution in [1.82, 2.24) is 0 Å². The number of cyclic esters (lactones) is 1. The standard InChI is InChI=1S/C20H32O2.C19H32O2.C16H26O3.C15H28O5.C15H28O2.C14H20O4.C12H24O3.C10H16O4/c1-5-19(3,4)18(21)22-20(6-2)11-14-10-15(20)17-13-8-7-12(9-13)16(14)17;1-6-17(2,3)16(20)21-18(4,5)19-10-13-7-14(11-19)9-15(8-13)12-19;1-4-14(2,3)13(17)19-16-8-11-5-12(9-16)7-15(18,6-11)10-16;1-8-14(4,5)11(16)19-9-13(2,3)10-20-12(17)15(6,7)18;1-7-14(5,6)12(16)17-15(13(2,3)4)10-8-9-11-15;1-4-14(2,3)13(16)18-10-7-5-8-9(6-7)12(15)17-11(8)10;1-8-10(2,3)9(13)15-12(6,7)11(4,5)14;1-4-10(2,3)9(12)14-7-5-6-13-8(7)11/h12-17H,5-11H2,1-4H3;13-15H,6-12H2,1-5H3;11-12,18H,4-10H2,1-3H3;18H,8-10H2,1-7H3;7-11H2,1-6H3;7-11H,4-6H2,1-3H3;14H,8H2,1-7H3;7H,4-6H2,1-3H3. The Labute approximate surface area is 881 Å². The summed E-state index contributed by atoms with van der Waals surface area (Å²) in [6.45, 7) is 73.5. The van der Waals surface area contributed by atoms with Crippen molar-refractivity contribution in [3.05, 3.63) is 0 Å². The van der Waals surface area contributed by atoms with Crippen molar-refractivity contribution in [3.63, 3.8) is 0 Å². The topological polar surface area (TPSA) is 350 Å². The summed E-state index contributed by atoms with van der Waals surface area (Å²) in [5.41, 5.74) is -8.71. The van der Waals surface area contributed by atoms with Gasteiger partial charge in [-0.1, -0.05) is 96.9 Å². The van der Waals surface area contributed by atoms with E-state index in [1.807, 2.05) is 152 Å². The van der Waals surface area contributed by atoms with E-state index in [0.29, 0.717) is 68.3 Å². The normalized spacial score (nSPS) is 31.4. The van der Waals surface area contributed by atoms with Crippen LogP contribution in [0.2, 0.25) is 0 Å². The summed E-state index contributed by atoms with van der Waals surface area (Å²) in [6.07, 6.45) is 33.5. The molecule has 3 N–H and O–H groups in total. The van der Waals surface area contributed by atoms with Crippen LogP contribution in [0.4, 0.5) is 0 Å². The fourth-order valence-corrected chi connectivity index (χ4v) is 25.6. The highest BCUT2D eigenvalue weighted by Crippen LogP contribution is 2.72. The molecule has 2 saturated heterocycles. The van der Waals surface area contributed by atoms with Crippen LogP contribution in [0.5, 0.6) is 0 Å². The maximum Gasteiger partial charge on any atom is 0.347 e. The summed E-state index contributed by atoms with van der Waals surface area (Å²) in [5.74, 6) is 7.57. The molecule has 840 valence electrons. The Morgan fingerprint density at radius 2 is 0.801 bits per heavy atom. The quantitative estimate of drug-likeness (QED) is 0.0330. The molecule has 17 fully saturated rings. The molecule has 15 aliphatic carbocycles. The van der Waals surface area contributed by atoms with Crippen molar-refractivity contribution >= 4 is 65.7 Å². The van der Waals surface area contributed by atoms with E-state index in [9.17, 15) is 68.1 Å². The summed E-state index contributed by atoms with van der Waals surface area (Å²) < 4.78 is 60.9. The molecule has 15 atom stereocenters. The number of aliphatic hydroxyl groups is 3. The van der Waals surface area contributed by atoms with Gasteiger partial charge in [0.1, 0.15) is 40.2 Å². The monoisotopic (exact) mass is 2060 g/mol. The second-order valence-electron chi connectivity index (χ2n) is 57.2.